The Balaban J connectivity index is 1.60. The zero-order valence-corrected chi connectivity index (χ0v) is 14.6. The van der Waals surface area contributed by atoms with Crippen LogP contribution in [0.4, 0.5) is 0 Å². The van der Waals surface area contributed by atoms with Gasteiger partial charge in [0.1, 0.15) is 0 Å². The van der Waals surface area contributed by atoms with Gasteiger partial charge in [0, 0.05) is 25.7 Å². The molecule has 3 fully saturated rings. The summed E-state index contributed by atoms with van der Waals surface area (Å²) in [4.78, 5) is 2.80. The highest BCUT2D eigenvalue weighted by Crippen LogP contribution is 2.41. The Morgan fingerprint density at radius 2 is 1.76 bits per heavy atom. The molecule has 2 saturated carbocycles. The molecule has 1 saturated heterocycles. The lowest BCUT2D eigenvalue weighted by Gasteiger charge is -2.46. The first-order chi connectivity index (χ1) is 9.96. The molecule has 0 bridgehead atoms. The average molecular weight is 293 g/mol. The fraction of sp³-hybridized carbons (Fsp3) is 1.00. The van der Waals surface area contributed by atoms with Crippen molar-refractivity contribution < 1.29 is 0 Å². The van der Waals surface area contributed by atoms with Gasteiger partial charge in [0.25, 0.3) is 0 Å². The van der Waals surface area contributed by atoms with E-state index >= 15 is 0 Å². The predicted molar refractivity (Wildman–Crippen MR) is 90.5 cm³/mol. The molecule has 0 unspecified atom stereocenters. The van der Waals surface area contributed by atoms with Gasteiger partial charge in [-0.2, -0.15) is 0 Å². The van der Waals surface area contributed by atoms with Crippen molar-refractivity contribution in [3.05, 3.63) is 0 Å². The summed E-state index contributed by atoms with van der Waals surface area (Å²) in [5, 5.41) is 3.87. The van der Waals surface area contributed by atoms with Crippen molar-refractivity contribution in [1.82, 2.24) is 10.2 Å². The van der Waals surface area contributed by atoms with Crippen LogP contribution in [0.5, 0.6) is 0 Å². The van der Waals surface area contributed by atoms with E-state index in [1.807, 2.05) is 0 Å². The molecule has 0 aromatic heterocycles. The van der Waals surface area contributed by atoms with Crippen LogP contribution in [0.15, 0.2) is 0 Å². The molecular formula is C19H36N2. The third-order valence-electron chi connectivity index (χ3n) is 6.22. The molecule has 3 aliphatic rings. The molecule has 2 aliphatic carbocycles. The molecular weight excluding hydrogens is 256 g/mol. The Morgan fingerprint density at radius 1 is 1.05 bits per heavy atom. The van der Waals surface area contributed by atoms with Crippen molar-refractivity contribution >= 4 is 0 Å². The van der Waals surface area contributed by atoms with Crippen molar-refractivity contribution in [3.63, 3.8) is 0 Å². The number of piperidine rings is 1. The second kappa shape index (κ2) is 6.20. The molecule has 2 heteroatoms. The van der Waals surface area contributed by atoms with Gasteiger partial charge >= 0.3 is 0 Å². The predicted octanol–water partition coefficient (Wildman–Crippen LogP) is 4.06. The van der Waals surface area contributed by atoms with Crippen molar-refractivity contribution in [3.8, 4) is 0 Å². The van der Waals surface area contributed by atoms with E-state index < -0.39 is 0 Å². The third kappa shape index (κ3) is 4.45. The highest BCUT2D eigenvalue weighted by molar-refractivity contribution is 4.94. The SMILES string of the molecule is CC1CCC(CNC2CC2)(CN2CCCC(C)(C)C2)CC1. The lowest BCUT2D eigenvalue weighted by atomic mass is 9.69. The monoisotopic (exact) mass is 292 g/mol. The summed E-state index contributed by atoms with van der Waals surface area (Å²) >= 11 is 0. The molecule has 0 amide bonds. The Labute approximate surface area is 132 Å². The van der Waals surface area contributed by atoms with Crippen LogP contribution < -0.4 is 5.32 Å². The molecule has 0 radical (unpaired) electrons. The van der Waals surface area contributed by atoms with E-state index in [1.54, 1.807) is 0 Å². The molecule has 1 N–H and O–H groups in total. The zero-order chi connectivity index (χ0) is 14.9. The van der Waals surface area contributed by atoms with Crippen LogP contribution in [0.1, 0.15) is 72.1 Å². The van der Waals surface area contributed by atoms with Gasteiger partial charge in [0.15, 0.2) is 0 Å². The van der Waals surface area contributed by atoms with Crippen LogP contribution in [0.2, 0.25) is 0 Å². The average Bonchev–Trinajstić information content (AvgIpc) is 3.23. The number of nitrogens with zero attached hydrogens (tertiary/aromatic N) is 1. The number of hydrogen-bond donors (Lipinski definition) is 1. The second-order valence-corrected chi connectivity index (χ2v) is 9.32. The largest absolute Gasteiger partial charge is 0.313 e. The minimum Gasteiger partial charge on any atom is -0.313 e. The summed E-state index contributed by atoms with van der Waals surface area (Å²) in [7, 11) is 0. The van der Waals surface area contributed by atoms with Crippen LogP contribution in [-0.4, -0.2) is 37.1 Å². The van der Waals surface area contributed by atoms with Crippen molar-refractivity contribution in [2.45, 2.75) is 78.2 Å². The van der Waals surface area contributed by atoms with Gasteiger partial charge in [0.2, 0.25) is 0 Å². The van der Waals surface area contributed by atoms with Crippen LogP contribution in [0, 0.1) is 16.7 Å². The zero-order valence-electron chi connectivity index (χ0n) is 14.6. The lowest BCUT2D eigenvalue weighted by molar-refractivity contribution is 0.0410. The van der Waals surface area contributed by atoms with Crippen LogP contribution in [-0.2, 0) is 0 Å². The standard InChI is InChI=1S/C19H36N2/c1-16-7-10-19(11-8-16,13-20-17-5-6-17)15-21-12-4-9-18(2,3)14-21/h16-17,20H,4-15H2,1-3H3. The van der Waals surface area contributed by atoms with Gasteiger partial charge < -0.3 is 10.2 Å². The van der Waals surface area contributed by atoms with Gasteiger partial charge in [-0.25, -0.2) is 0 Å². The first-order valence-corrected chi connectivity index (χ1v) is 9.42. The normalized spacial score (nSPS) is 37.6. The molecule has 21 heavy (non-hydrogen) atoms. The van der Waals surface area contributed by atoms with E-state index in [9.17, 15) is 0 Å². The second-order valence-electron chi connectivity index (χ2n) is 9.32. The van der Waals surface area contributed by atoms with Gasteiger partial charge in [-0.05, 0) is 61.8 Å². The van der Waals surface area contributed by atoms with Crippen molar-refractivity contribution in [2.75, 3.05) is 26.2 Å². The molecule has 0 atom stereocenters. The number of nitrogens with one attached hydrogen (secondary N) is 1. The summed E-state index contributed by atoms with van der Waals surface area (Å²) in [6, 6.07) is 0.860. The van der Waals surface area contributed by atoms with E-state index in [0.29, 0.717) is 10.8 Å². The molecule has 3 rings (SSSR count). The van der Waals surface area contributed by atoms with Gasteiger partial charge in [-0.1, -0.05) is 33.6 Å². The minimum absolute atomic E-state index is 0.533. The molecule has 0 aromatic carbocycles. The van der Waals surface area contributed by atoms with Crippen molar-refractivity contribution in [1.29, 1.82) is 0 Å². The van der Waals surface area contributed by atoms with E-state index in [1.165, 1.54) is 77.5 Å². The molecule has 0 spiro atoms. The first-order valence-electron chi connectivity index (χ1n) is 9.42. The Bertz CT molecular complexity index is 337. The molecule has 122 valence electrons. The Morgan fingerprint density at radius 3 is 2.38 bits per heavy atom. The summed E-state index contributed by atoms with van der Waals surface area (Å²) in [5.74, 6) is 0.955. The van der Waals surface area contributed by atoms with Gasteiger partial charge in [-0.3, -0.25) is 0 Å². The minimum atomic E-state index is 0.533. The fourth-order valence-corrected chi connectivity index (χ4v) is 4.57. The maximum Gasteiger partial charge on any atom is 0.00684 e. The number of likely N-dealkylation sites (tertiary alicyclic amines) is 1. The topological polar surface area (TPSA) is 15.3 Å². The fourth-order valence-electron chi connectivity index (χ4n) is 4.57. The van der Waals surface area contributed by atoms with Crippen molar-refractivity contribution in [2.24, 2.45) is 16.7 Å². The van der Waals surface area contributed by atoms with Crippen LogP contribution >= 0.6 is 0 Å². The van der Waals surface area contributed by atoms with Gasteiger partial charge in [0.05, 0.1) is 0 Å². The summed E-state index contributed by atoms with van der Waals surface area (Å²) in [6.45, 7) is 12.6. The number of rotatable bonds is 5. The third-order valence-corrected chi connectivity index (χ3v) is 6.22. The molecule has 2 nitrogen and oxygen atoms in total. The maximum atomic E-state index is 3.87. The number of hydrogen-bond acceptors (Lipinski definition) is 2. The summed E-state index contributed by atoms with van der Waals surface area (Å²) in [6.07, 6.45) is 11.4. The summed E-state index contributed by atoms with van der Waals surface area (Å²) in [5.41, 5.74) is 1.10. The highest BCUT2D eigenvalue weighted by Gasteiger charge is 2.38. The smallest absolute Gasteiger partial charge is 0.00684 e. The Hall–Kier alpha value is -0.0800. The first kappa shape index (κ1) is 15.8. The van der Waals surface area contributed by atoms with E-state index in [-0.39, 0.29) is 0 Å². The summed E-state index contributed by atoms with van der Waals surface area (Å²) < 4.78 is 0. The lowest BCUT2D eigenvalue weighted by Crippen LogP contribution is -2.50. The van der Waals surface area contributed by atoms with Crippen LogP contribution in [0.3, 0.4) is 0 Å². The highest BCUT2D eigenvalue weighted by atomic mass is 15.2. The van der Waals surface area contributed by atoms with Gasteiger partial charge in [-0.15, -0.1) is 0 Å². The molecule has 1 heterocycles. The van der Waals surface area contributed by atoms with E-state index in [4.69, 9.17) is 0 Å². The quantitative estimate of drug-likeness (QED) is 0.822. The molecule has 0 aromatic rings. The molecule has 1 aliphatic heterocycles. The van der Waals surface area contributed by atoms with E-state index in [2.05, 4.69) is 31.0 Å². The van der Waals surface area contributed by atoms with Crippen LogP contribution in [0.25, 0.3) is 0 Å². The van der Waals surface area contributed by atoms with E-state index in [0.717, 1.165) is 12.0 Å². The maximum absolute atomic E-state index is 3.87. The Kier molecular flexibility index (Phi) is 4.66.